The number of amides is 2. The van der Waals surface area contributed by atoms with Gasteiger partial charge >= 0.3 is 12.0 Å². The van der Waals surface area contributed by atoms with Crippen molar-refractivity contribution in [2.45, 2.75) is 25.3 Å². The first-order chi connectivity index (χ1) is 8.30. The molecule has 1 unspecified atom stereocenters. The summed E-state index contributed by atoms with van der Waals surface area (Å²) < 4.78 is 22.4. The monoisotopic (exact) mass is 278 g/mol. The molecule has 1 rings (SSSR count). The molecule has 2 amide bonds. The summed E-state index contributed by atoms with van der Waals surface area (Å²) in [5.74, 6) is -0.798. The van der Waals surface area contributed by atoms with Crippen LogP contribution in [0.2, 0.25) is 0 Å². The first-order valence-electron chi connectivity index (χ1n) is 5.74. The molecule has 0 bridgehead atoms. The number of hydrogen-bond donors (Lipinski definition) is 2. The molecule has 1 aliphatic heterocycles. The molecular weight excluding hydrogens is 260 g/mol. The largest absolute Gasteiger partial charge is 0.481 e. The van der Waals surface area contributed by atoms with Crippen molar-refractivity contribution in [2.75, 3.05) is 25.1 Å². The van der Waals surface area contributed by atoms with E-state index in [4.69, 9.17) is 5.11 Å². The van der Waals surface area contributed by atoms with Crippen molar-refractivity contribution < 1.29 is 23.1 Å². The van der Waals surface area contributed by atoms with Crippen molar-refractivity contribution in [3.8, 4) is 0 Å². The lowest BCUT2D eigenvalue weighted by molar-refractivity contribution is -0.137. The van der Waals surface area contributed by atoms with Crippen molar-refractivity contribution >= 4 is 21.8 Å². The van der Waals surface area contributed by atoms with Crippen LogP contribution in [-0.4, -0.2) is 61.6 Å². The minimum atomic E-state index is -3.01. The summed E-state index contributed by atoms with van der Waals surface area (Å²) in [5.41, 5.74) is 0. The zero-order chi connectivity index (χ0) is 13.8. The second kappa shape index (κ2) is 6.03. The number of carbonyl (C=O) groups excluding carboxylic acids is 1. The van der Waals surface area contributed by atoms with Crippen LogP contribution in [0.3, 0.4) is 0 Å². The van der Waals surface area contributed by atoms with Crippen LogP contribution in [0, 0.1) is 0 Å². The van der Waals surface area contributed by atoms with Gasteiger partial charge in [-0.1, -0.05) is 0 Å². The molecule has 1 heterocycles. The van der Waals surface area contributed by atoms with Crippen LogP contribution >= 0.6 is 0 Å². The zero-order valence-corrected chi connectivity index (χ0v) is 11.1. The molecule has 2 N–H and O–H groups in total. The predicted molar refractivity (Wildman–Crippen MR) is 65.1 cm³/mol. The van der Waals surface area contributed by atoms with E-state index in [0.717, 1.165) is 0 Å². The molecule has 8 heteroatoms. The van der Waals surface area contributed by atoms with E-state index in [9.17, 15) is 18.0 Å². The zero-order valence-electron chi connectivity index (χ0n) is 10.3. The van der Waals surface area contributed by atoms with E-state index in [0.29, 0.717) is 19.4 Å². The van der Waals surface area contributed by atoms with Gasteiger partial charge in [0.05, 0.1) is 11.5 Å². The van der Waals surface area contributed by atoms with E-state index in [-0.39, 0.29) is 30.0 Å². The highest BCUT2D eigenvalue weighted by molar-refractivity contribution is 7.91. The number of rotatable bonds is 5. The minimum absolute atomic E-state index is 0.00935. The molecule has 1 saturated heterocycles. The topological polar surface area (TPSA) is 104 Å². The van der Waals surface area contributed by atoms with Crippen LogP contribution < -0.4 is 5.32 Å². The van der Waals surface area contributed by atoms with Crippen molar-refractivity contribution in [3.63, 3.8) is 0 Å². The average Bonchev–Trinajstić information content (AvgIpc) is 2.57. The second-order valence-electron chi connectivity index (χ2n) is 4.47. The van der Waals surface area contributed by atoms with Gasteiger partial charge in [0.15, 0.2) is 9.84 Å². The molecule has 0 radical (unpaired) electrons. The molecule has 0 saturated carbocycles. The van der Waals surface area contributed by atoms with Crippen LogP contribution in [0.25, 0.3) is 0 Å². The third kappa shape index (κ3) is 4.91. The summed E-state index contributed by atoms with van der Waals surface area (Å²) in [5, 5.41) is 11.1. The average molecular weight is 278 g/mol. The van der Waals surface area contributed by atoms with Gasteiger partial charge in [0, 0.05) is 26.1 Å². The summed E-state index contributed by atoms with van der Waals surface area (Å²) in [7, 11) is -1.45. The Balaban J connectivity index is 2.30. The second-order valence-corrected chi connectivity index (χ2v) is 6.70. The number of nitrogens with one attached hydrogen (secondary N) is 1. The fourth-order valence-electron chi connectivity index (χ4n) is 1.76. The van der Waals surface area contributed by atoms with Gasteiger partial charge in [-0.3, -0.25) is 4.79 Å². The lowest BCUT2D eigenvalue weighted by Crippen LogP contribution is -2.44. The Morgan fingerprint density at radius 1 is 1.44 bits per heavy atom. The molecule has 1 atom stereocenters. The number of carboxylic acids is 1. The van der Waals surface area contributed by atoms with Crippen LogP contribution in [0.15, 0.2) is 0 Å². The van der Waals surface area contributed by atoms with Crippen molar-refractivity contribution in [1.82, 2.24) is 10.2 Å². The number of hydrogen-bond acceptors (Lipinski definition) is 4. The molecule has 7 nitrogen and oxygen atoms in total. The minimum Gasteiger partial charge on any atom is -0.481 e. The predicted octanol–water partition coefficient (Wildman–Crippen LogP) is -0.320. The number of carboxylic acid groups (broad SMARTS) is 1. The molecule has 0 aromatic rings. The Hall–Kier alpha value is -1.31. The molecule has 0 aliphatic carbocycles. The first kappa shape index (κ1) is 14.7. The molecule has 0 spiro atoms. The van der Waals surface area contributed by atoms with Gasteiger partial charge in [-0.25, -0.2) is 13.2 Å². The summed E-state index contributed by atoms with van der Waals surface area (Å²) >= 11 is 0. The first-order valence-corrected chi connectivity index (χ1v) is 7.56. The molecule has 0 aromatic carbocycles. The Bertz CT molecular complexity index is 420. The molecule has 1 fully saturated rings. The van der Waals surface area contributed by atoms with Gasteiger partial charge < -0.3 is 15.3 Å². The smallest absolute Gasteiger partial charge is 0.317 e. The van der Waals surface area contributed by atoms with E-state index in [2.05, 4.69) is 5.32 Å². The van der Waals surface area contributed by atoms with Crippen molar-refractivity contribution in [2.24, 2.45) is 0 Å². The van der Waals surface area contributed by atoms with Crippen molar-refractivity contribution in [3.05, 3.63) is 0 Å². The van der Waals surface area contributed by atoms with E-state index in [1.165, 1.54) is 4.90 Å². The highest BCUT2D eigenvalue weighted by Gasteiger charge is 2.29. The lowest BCUT2D eigenvalue weighted by Gasteiger charge is -2.20. The standard InChI is InChI=1S/C10H18N2O5S/c1-12(5-2-3-9(13)14)10(15)11-8-4-6-18(16,17)7-8/h8H,2-7H2,1H3,(H,11,15)(H,13,14). The number of nitrogens with zero attached hydrogens (tertiary/aromatic N) is 1. The summed E-state index contributed by atoms with van der Waals surface area (Å²) in [6.45, 7) is 0.331. The molecule has 1 aliphatic rings. The SMILES string of the molecule is CN(CCCC(=O)O)C(=O)NC1CCS(=O)(=O)C1. The lowest BCUT2D eigenvalue weighted by atomic mass is 10.2. The fraction of sp³-hybridized carbons (Fsp3) is 0.800. The highest BCUT2D eigenvalue weighted by atomic mass is 32.2. The van der Waals surface area contributed by atoms with Crippen LogP contribution in [0.1, 0.15) is 19.3 Å². The van der Waals surface area contributed by atoms with Gasteiger partial charge in [-0.2, -0.15) is 0 Å². The Morgan fingerprint density at radius 2 is 2.11 bits per heavy atom. The number of aliphatic carboxylic acids is 1. The number of carbonyl (C=O) groups is 2. The highest BCUT2D eigenvalue weighted by Crippen LogP contribution is 2.11. The fourth-order valence-corrected chi connectivity index (χ4v) is 3.44. The maximum absolute atomic E-state index is 11.7. The summed E-state index contributed by atoms with van der Waals surface area (Å²) in [4.78, 5) is 23.3. The molecular formula is C10H18N2O5S. The van der Waals surface area contributed by atoms with Gasteiger partial charge in [-0.05, 0) is 12.8 Å². The van der Waals surface area contributed by atoms with Crippen LogP contribution in [0.4, 0.5) is 4.79 Å². The van der Waals surface area contributed by atoms with Gasteiger partial charge in [0.1, 0.15) is 0 Å². The Morgan fingerprint density at radius 3 is 2.61 bits per heavy atom. The van der Waals surface area contributed by atoms with Crippen LogP contribution in [0.5, 0.6) is 0 Å². The van der Waals surface area contributed by atoms with Gasteiger partial charge in [-0.15, -0.1) is 0 Å². The summed E-state index contributed by atoms with van der Waals surface area (Å²) in [6.07, 6.45) is 0.828. The third-order valence-corrected chi connectivity index (χ3v) is 4.56. The van der Waals surface area contributed by atoms with Crippen LogP contribution in [-0.2, 0) is 14.6 Å². The van der Waals surface area contributed by atoms with Gasteiger partial charge in [0.2, 0.25) is 0 Å². The van der Waals surface area contributed by atoms with Gasteiger partial charge in [0.25, 0.3) is 0 Å². The Labute approximate surface area is 106 Å². The van der Waals surface area contributed by atoms with E-state index >= 15 is 0 Å². The van der Waals surface area contributed by atoms with E-state index in [1.54, 1.807) is 7.05 Å². The molecule has 0 aromatic heterocycles. The number of urea groups is 1. The molecule has 18 heavy (non-hydrogen) atoms. The Kier molecular flexibility index (Phi) is 4.94. The number of sulfone groups is 1. The normalized spacial score (nSPS) is 21.5. The van der Waals surface area contributed by atoms with Crippen molar-refractivity contribution in [1.29, 1.82) is 0 Å². The van der Waals surface area contributed by atoms with E-state index in [1.807, 2.05) is 0 Å². The third-order valence-electron chi connectivity index (χ3n) is 2.79. The maximum Gasteiger partial charge on any atom is 0.317 e. The molecule has 104 valence electrons. The summed E-state index contributed by atoms with van der Waals surface area (Å²) in [6, 6.07) is -0.688. The van der Waals surface area contributed by atoms with E-state index < -0.39 is 15.8 Å². The maximum atomic E-state index is 11.7. The quantitative estimate of drug-likeness (QED) is 0.717.